The number of hydrogen-bond donors (Lipinski definition) is 1. The highest BCUT2D eigenvalue weighted by molar-refractivity contribution is 14.1. The maximum absolute atomic E-state index is 12.6. The lowest BCUT2D eigenvalue weighted by molar-refractivity contribution is 0.0585. The fourth-order valence-electron chi connectivity index (χ4n) is 1.15. The van der Waals surface area contributed by atoms with E-state index in [2.05, 4.69) is 9.72 Å². The van der Waals surface area contributed by atoms with Crippen molar-refractivity contribution in [2.45, 2.75) is 13.0 Å². The number of carbonyl (C=O) groups is 1. The molecule has 0 aromatic carbocycles. The van der Waals surface area contributed by atoms with Crippen LogP contribution >= 0.6 is 22.6 Å². The standard InChI is InChI=1S/C9H9F2IN2O2/c1-16-9(15)5-6(12)4(2-13)3-14-7(5)8(10)11/h3,8H,2,13H2,1H3. The Hall–Kier alpha value is -0.830. The third-order valence-electron chi connectivity index (χ3n) is 1.93. The van der Waals surface area contributed by atoms with Crippen LogP contribution in [0.4, 0.5) is 8.78 Å². The summed E-state index contributed by atoms with van der Waals surface area (Å²) in [5, 5.41) is 0. The summed E-state index contributed by atoms with van der Waals surface area (Å²) in [5.41, 5.74) is 5.15. The SMILES string of the molecule is COC(=O)c1c(C(F)F)ncc(CN)c1I. The fourth-order valence-corrected chi connectivity index (χ4v) is 2.00. The molecule has 0 aliphatic carbocycles. The molecule has 0 aliphatic heterocycles. The number of carbonyl (C=O) groups excluding carboxylic acids is 1. The summed E-state index contributed by atoms with van der Waals surface area (Å²) >= 11 is 1.78. The van der Waals surface area contributed by atoms with Gasteiger partial charge in [0.05, 0.1) is 7.11 Å². The average molecular weight is 342 g/mol. The molecular formula is C9H9F2IN2O2. The molecule has 0 saturated heterocycles. The Morgan fingerprint density at radius 3 is 2.75 bits per heavy atom. The quantitative estimate of drug-likeness (QED) is 0.673. The summed E-state index contributed by atoms with van der Waals surface area (Å²) in [5.74, 6) is -0.831. The molecule has 0 aliphatic rings. The Bertz CT molecular complexity index is 413. The Balaban J connectivity index is 3.42. The highest BCUT2D eigenvalue weighted by atomic mass is 127. The van der Waals surface area contributed by atoms with E-state index in [1.165, 1.54) is 6.20 Å². The summed E-state index contributed by atoms with van der Waals surface area (Å²) < 4.78 is 30.1. The van der Waals surface area contributed by atoms with Crippen LogP contribution in [0.25, 0.3) is 0 Å². The van der Waals surface area contributed by atoms with Gasteiger partial charge in [-0.05, 0) is 28.2 Å². The van der Waals surface area contributed by atoms with Crippen LogP contribution in [0, 0.1) is 3.57 Å². The first-order valence-electron chi connectivity index (χ1n) is 4.26. The Kier molecular flexibility index (Phi) is 4.54. The fraction of sp³-hybridized carbons (Fsp3) is 0.333. The van der Waals surface area contributed by atoms with Crippen molar-refractivity contribution in [3.05, 3.63) is 26.6 Å². The largest absolute Gasteiger partial charge is 0.465 e. The monoisotopic (exact) mass is 342 g/mol. The van der Waals surface area contributed by atoms with Crippen LogP contribution in [0.5, 0.6) is 0 Å². The summed E-state index contributed by atoms with van der Waals surface area (Å²) in [7, 11) is 1.13. The summed E-state index contributed by atoms with van der Waals surface area (Å²) in [6.07, 6.45) is -1.58. The van der Waals surface area contributed by atoms with E-state index in [4.69, 9.17) is 5.73 Å². The van der Waals surface area contributed by atoms with Gasteiger partial charge in [0.1, 0.15) is 11.3 Å². The molecule has 1 heterocycles. The lowest BCUT2D eigenvalue weighted by Gasteiger charge is -2.11. The minimum atomic E-state index is -2.82. The van der Waals surface area contributed by atoms with E-state index in [0.717, 1.165) is 7.11 Å². The molecule has 1 rings (SSSR count). The first-order chi connectivity index (χ1) is 7.52. The van der Waals surface area contributed by atoms with Crippen molar-refractivity contribution in [1.29, 1.82) is 0 Å². The number of esters is 1. The number of nitrogens with two attached hydrogens (primary N) is 1. The van der Waals surface area contributed by atoms with Crippen LogP contribution in [0.1, 0.15) is 28.0 Å². The van der Waals surface area contributed by atoms with Crippen molar-refractivity contribution in [1.82, 2.24) is 4.98 Å². The minimum Gasteiger partial charge on any atom is -0.465 e. The van der Waals surface area contributed by atoms with Crippen molar-refractivity contribution in [3.63, 3.8) is 0 Å². The van der Waals surface area contributed by atoms with E-state index in [1.807, 2.05) is 0 Å². The van der Waals surface area contributed by atoms with Crippen molar-refractivity contribution in [2.75, 3.05) is 7.11 Å². The topological polar surface area (TPSA) is 65.2 Å². The number of ether oxygens (including phenoxy) is 1. The Labute approximate surface area is 104 Å². The van der Waals surface area contributed by atoms with E-state index < -0.39 is 18.1 Å². The van der Waals surface area contributed by atoms with Crippen LogP contribution < -0.4 is 5.73 Å². The van der Waals surface area contributed by atoms with Crippen LogP contribution in [0.2, 0.25) is 0 Å². The van der Waals surface area contributed by atoms with Gasteiger partial charge in [0.15, 0.2) is 0 Å². The van der Waals surface area contributed by atoms with Gasteiger partial charge in [0.25, 0.3) is 6.43 Å². The lowest BCUT2D eigenvalue weighted by Crippen LogP contribution is -2.14. The zero-order chi connectivity index (χ0) is 12.3. The third kappa shape index (κ3) is 2.46. The number of rotatable bonds is 3. The van der Waals surface area contributed by atoms with Crippen molar-refractivity contribution >= 4 is 28.6 Å². The molecule has 0 radical (unpaired) electrons. The number of nitrogens with zero attached hydrogens (tertiary/aromatic N) is 1. The zero-order valence-electron chi connectivity index (χ0n) is 8.34. The predicted octanol–water partition coefficient (Wildman–Crippen LogP) is 1.87. The van der Waals surface area contributed by atoms with Crippen molar-refractivity contribution in [3.8, 4) is 0 Å². The van der Waals surface area contributed by atoms with Crippen molar-refractivity contribution < 1.29 is 18.3 Å². The molecule has 7 heteroatoms. The van der Waals surface area contributed by atoms with Crippen LogP contribution in [0.3, 0.4) is 0 Å². The van der Waals surface area contributed by atoms with Gasteiger partial charge in [-0.25, -0.2) is 13.6 Å². The number of pyridine rings is 1. The molecule has 0 saturated carbocycles. The van der Waals surface area contributed by atoms with Gasteiger partial charge in [0, 0.05) is 16.3 Å². The molecular weight excluding hydrogens is 333 g/mol. The van der Waals surface area contributed by atoms with E-state index in [-0.39, 0.29) is 12.1 Å². The van der Waals surface area contributed by atoms with Gasteiger partial charge in [-0.2, -0.15) is 0 Å². The molecule has 4 nitrogen and oxygen atoms in total. The Morgan fingerprint density at radius 1 is 1.69 bits per heavy atom. The average Bonchev–Trinajstić information content (AvgIpc) is 2.27. The second kappa shape index (κ2) is 5.48. The highest BCUT2D eigenvalue weighted by Crippen LogP contribution is 2.27. The molecule has 88 valence electrons. The first kappa shape index (κ1) is 13.2. The normalized spacial score (nSPS) is 10.6. The summed E-state index contributed by atoms with van der Waals surface area (Å²) in [6.45, 7) is 0.124. The Morgan fingerprint density at radius 2 is 2.31 bits per heavy atom. The van der Waals surface area contributed by atoms with Crippen LogP contribution in [-0.2, 0) is 11.3 Å². The van der Waals surface area contributed by atoms with E-state index in [9.17, 15) is 13.6 Å². The second-order valence-corrected chi connectivity index (χ2v) is 3.93. The van der Waals surface area contributed by atoms with Crippen LogP contribution in [0.15, 0.2) is 6.20 Å². The van der Waals surface area contributed by atoms with Crippen LogP contribution in [-0.4, -0.2) is 18.1 Å². The summed E-state index contributed by atoms with van der Waals surface area (Å²) in [6, 6.07) is 0. The van der Waals surface area contributed by atoms with Gasteiger partial charge < -0.3 is 10.5 Å². The summed E-state index contributed by atoms with van der Waals surface area (Å²) in [4.78, 5) is 14.9. The molecule has 0 amide bonds. The molecule has 16 heavy (non-hydrogen) atoms. The predicted molar refractivity (Wildman–Crippen MR) is 61.1 cm³/mol. The third-order valence-corrected chi connectivity index (χ3v) is 3.17. The number of methoxy groups -OCH3 is 1. The van der Waals surface area contributed by atoms with E-state index >= 15 is 0 Å². The molecule has 0 unspecified atom stereocenters. The van der Waals surface area contributed by atoms with Gasteiger partial charge in [-0.3, -0.25) is 4.98 Å². The molecule has 1 aromatic rings. The van der Waals surface area contributed by atoms with E-state index in [1.54, 1.807) is 22.6 Å². The van der Waals surface area contributed by atoms with E-state index in [0.29, 0.717) is 9.13 Å². The molecule has 0 spiro atoms. The lowest BCUT2D eigenvalue weighted by atomic mass is 10.1. The smallest absolute Gasteiger partial charge is 0.341 e. The maximum Gasteiger partial charge on any atom is 0.341 e. The first-order valence-corrected chi connectivity index (χ1v) is 5.34. The maximum atomic E-state index is 12.6. The number of alkyl halides is 2. The highest BCUT2D eigenvalue weighted by Gasteiger charge is 2.25. The number of hydrogen-bond acceptors (Lipinski definition) is 4. The van der Waals surface area contributed by atoms with Gasteiger partial charge in [-0.1, -0.05) is 0 Å². The number of aromatic nitrogens is 1. The van der Waals surface area contributed by atoms with Gasteiger partial charge in [-0.15, -0.1) is 0 Å². The molecule has 0 fully saturated rings. The number of halogens is 3. The van der Waals surface area contributed by atoms with Gasteiger partial charge in [0.2, 0.25) is 0 Å². The molecule has 1 aromatic heterocycles. The minimum absolute atomic E-state index is 0.124. The van der Waals surface area contributed by atoms with Gasteiger partial charge >= 0.3 is 5.97 Å². The zero-order valence-corrected chi connectivity index (χ0v) is 10.5. The molecule has 2 N–H and O–H groups in total. The second-order valence-electron chi connectivity index (χ2n) is 2.85. The molecule has 0 bridgehead atoms. The van der Waals surface area contributed by atoms with Crippen molar-refractivity contribution in [2.24, 2.45) is 5.73 Å². The molecule has 0 atom stereocenters.